The SMILES string of the molecule is CC(C)C1CC(N2C[C@H](C#N)N(c3cncc4ccccc34)C2=O)C1. The number of nitriles is 1. The van der Waals surface area contributed by atoms with Gasteiger partial charge in [-0.2, -0.15) is 5.26 Å². The topological polar surface area (TPSA) is 60.2 Å². The number of urea groups is 1. The molecule has 0 unspecified atom stereocenters. The number of rotatable bonds is 3. The summed E-state index contributed by atoms with van der Waals surface area (Å²) in [5.74, 6) is 1.34. The van der Waals surface area contributed by atoms with Crippen molar-refractivity contribution in [1.29, 1.82) is 5.26 Å². The van der Waals surface area contributed by atoms with E-state index in [1.54, 1.807) is 17.3 Å². The Morgan fingerprint density at radius 1 is 1.24 bits per heavy atom. The van der Waals surface area contributed by atoms with Crippen LogP contribution < -0.4 is 4.90 Å². The van der Waals surface area contributed by atoms with Crippen LogP contribution in [0.15, 0.2) is 36.7 Å². The van der Waals surface area contributed by atoms with Crippen molar-refractivity contribution in [3.63, 3.8) is 0 Å². The Kier molecular flexibility index (Phi) is 3.84. The van der Waals surface area contributed by atoms with Gasteiger partial charge in [-0.05, 0) is 24.7 Å². The quantitative estimate of drug-likeness (QED) is 0.857. The molecular weight excluding hydrogens is 312 g/mol. The predicted octanol–water partition coefficient (Wildman–Crippen LogP) is 3.80. The molecule has 1 aromatic heterocycles. The molecular formula is C20H22N4O. The number of anilines is 1. The first-order valence-electron chi connectivity index (χ1n) is 8.92. The third-order valence-electron chi connectivity index (χ3n) is 5.72. The lowest BCUT2D eigenvalue weighted by Crippen LogP contribution is -2.48. The number of hydrogen-bond donors (Lipinski definition) is 0. The van der Waals surface area contributed by atoms with Crippen LogP contribution in [0.3, 0.4) is 0 Å². The van der Waals surface area contributed by atoms with Gasteiger partial charge in [0.05, 0.1) is 24.5 Å². The van der Waals surface area contributed by atoms with Crippen molar-refractivity contribution in [2.75, 3.05) is 11.4 Å². The summed E-state index contributed by atoms with van der Waals surface area (Å²) >= 11 is 0. The van der Waals surface area contributed by atoms with E-state index < -0.39 is 6.04 Å². The zero-order valence-electron chi connectivity index (χ0n) is 14.6. The molecule has 2 amide bonds. The van der Waals surface area contributed by atoms with Crippen LogP contribution >= 0.6 is 0 Å². The highest BCUT2D eigenvalue weighted by Gasteiger charge is 2.46. The first-order chi connectivity index (χ1) is 12.1. The van der Waals surface area contributed by atoms with E-state index in [9.17, 15) is 10.1 Å². The van der Waals surface area contributed by atoms with Gasteiger partial charge in [-0.1, -0.05) is 38.1 Å². The van der Waals surface area contributed by atoms with E-state index in [2.05, 4.69) is 24.9 Å². The fraction of sp³-hybridized carbons (Fsp3) is 0.450. The second-order valence-corrected chi connectivity index (χ2v) is 7.46. The van der Waals surface area contributed by atoms with Crippen molar-refractivity contribution in [1.82, 2.24) is 9.88 Å². The average molecular weight is 334 g/mol. The standard InChI is InChI=1S/C20H22N4O/c1-13(2)15-7-16(8-15)23-12-17(9-21)24(20(23)25)19-11-22-10-14-5-3-4-6-18(14)19/h3-6,10-11,13,15-17H,7-8,12H2,1-2H3/t15?,16?,17-/m0/s1. The van der Waals surface area contributed by atoms with E-state index in [-0.39, 0.29) is 12.1 Å². The number of amides is 2. The van der Waals surface area contributed by atoms with E-state index in [1.165, 1.54) is 0 Å². The van der Waals surface area contributed by atoms with Crippen molar-refractivity contribution in [2.24, 2.45) is 11.8 Å². The van der Waals surface area contributed by atoms with Gasteiger partial charge < -0.3 is 4.90 Å². The summed E-state index contributed by atoms with van der Waals surface area (Å²) in [5, 5.41) is 11.6. The molecule has 1 aliphatic carbocycles. The number of nitrogens with zero attached hydrogens (tertiary/aromatic N) is 4. The van der Waals surface area contributed by atoms with Crippen molar-refractivity contribution >= 4 is 22.5 Å². The highest BCUT2D eigenvalue weighted by molar-refractivity contribution is 6.04. The molecule has 2 heterocycles. The van der Waals surface area contributed by atoms with E-state index >= 15 is 0 Å². The Morgan fingerprint density at radius 3 is 2.72 bits per heavy atom. The van der Waals surface area contributed by atoms with Gasteiger partial charge in [-0.3, -0.25) is 9.88 Å². The Labute approximate surface area is 147 Å². The minimum atomic E-state index is -0.460. The van der Waals surface area contributed by atoms with Crippen LogP contribution in [0.5, 0.6) is 0 Å². The molecule has 0 N–H and O–H groups in total. The monoisotopic (exact) mass is 334 g/mol. The van der Waals surface area contributed by atoms with Crippen molar-refractivity contribution in [3.8, 4) is 6.07 Å². The van der Waals surface area contributed by atoms with Crippen LogP contribution in [0.25, 0.3) is 10.8 Å². The number of pyridine rings is 1. The Hall–Kier alpha value is -2.61. The van der Waals surface area contributed by atoms with Gasteiger partial charge in [0, 0.05) is 23.0 Å². The Balaban J connectivity index is 1.65. The molecule has 1 saturated carbocycles. The summed E-state index contributed by atoms with van der Waals surface area (Å²) in [6, 6.07) is 9.92. The Morgan fingerprint density at radius 2 is 2.00 bits per heavy atom. The van der Waals surface area contributed by atoms with Gasteiger partial charge in [0.25, 0.3) is 0 Å². The van der Waals surface area contributed by atoms with Crippen LogP contribution in [0.4, 0.5) is 10.5 Å². The molecule has 1 atom stereocenters. The van der Waals surface area contributed by atoms with Crippen LogP contribution in [0.2, 0.25) is 0 Å². The lowest BCUT2D eigenvalue weighted by atomic mass is 9.73. The van der Waals surface area contributed by atoms with Gasteiger partial charge in [0.1, 0.15) is 6.04 Å². The summed E-state index contributed by atoms with van der Waals surface area (Å²) in [5.41, 5.74) is 0.733. The van der Waals surface area contributed by atoms with Crippen LogP contribution in [-0.2, 0) is 0 Å². The second kappa shape index (κ2) is 6.03. The molecule has 1 aromatic carbocycles. The maximum absolute atomic E-state index is 13.1. The molecule has 5 heteroatoms. The second-order valence-electron chi connectivity index (χ2n) is 7.46. The lowest BCUT2D eigenvalue weighted by molar-refractivity contribution is 0.0901. The molecule has 0 spiro atoms. The minimum Gasteiger partial charge on any atom is -0.318 e. The van der Waals surface area contributed by atoms with Gasteiger partial charge in [-0.15, -0.1) is 0 Å². The molecule has 25 heavy (non-hydrogen) atoms. The third kappa shape index (κ3) is 2.53. The summed E-state index contributed by atoms with van der Waals surface area (Å²) in [6.45, 7) is 4.95. The Bertz CT molecular complexity index is 845. The fourth-order valence-electron chi connectivity index (χ4n) is 4.01. The largest absolute Gasteiger partial charge is 0.326 e. The molecule has 0 radical (unpaired) electrons. The number of hydrogen-bond acceptors (Lipinski definition) is 3. The molecule has 1 saturated heterocycles. The maximum Gasteiger partial charge on any atom is 0.326 e. The van der Waals surface area contributed by atoms with Crippen LogP contribution in [0.1, 0.15) is 26.7 Å². The van der Waals surface area contributed by atoms with Crippen molar-refractivity contribution < 1.29 is 4.79 Å². The predicted molar refractivity (Wildman–Crippen MR) is 97.1 cm³/mol. The molecule has 128 valence electrons. The van der Waals surface area contributed by atoms with E-state index in [4.69, 9.17) is 0 Å². The van der Waals surface area contributed by atoms with E-state index in [0.29, 0.717) is 18.4 Å². The van der Waals surface area contributed by atoms with Gasteiger partial charge in [0.15, 0.2) is 0 Å². The first-order valence-corrected chi connectivity index (χ1v) is 8.92. The number of carbonyl (C=O) groups is 1. The molecule has 4 rings (SSSR count). The minimum absolute atomic E-state index is 0.0584. The number of fused-ring (bicyclic) bond motifs is 1. The smallest absolute Gasteiger partial charge is 0.318 e. The van der Waals surface area contributed by atoms with Crippen LogP contribution in [-0.4, -0.2) is 34.5 Å². The normalized spacial score (nSPS) is 26.2. The number of aromatic nitrogens is 1. The zero-order valence-corrected chi connectivity index (χ0v) is 14.6. The van der Waals surface area contributed by atoms with E-state index in [1.807, 2.05) is 29.2 Å². The average Bonchev–Trinajstić information content (AvgIpc) is 2.89. The first kappa shape index (κ1) is 15.9. The number of carbonyl (C=O) groups excluding carboxylic acids is 1. The fourth-order valence-corrected chi connectivity index (χ4v) is 4.01. The van der Waals surface area contributed by atoms with Crippen molar-refractivity contribution in [3.05, 3.63) is 36.7 Å². The molecule has 1 aliphatic heterocycles. The van der Waals surface area contributed by atoms with Gasteiger partial charge in [-0.25, -0.2) is 4.79 Å². The third-order valence-corrected chi connectivity index (χ3v) is 5.72. The summed E-state index contributed by atoms with van der Waals surface area (Å²) in [6.07, 6.45) is 5.58. The molecule has 2 aromatic rings. The highest BCUT2D eigenvalue weighted by Crippen LogP contribution is 2.40. The van der Waals surface area contributed by atoms with Crippen molar-refractivity contribution in [2.45, 2.75) is 38.8 Å². The summed E-state index contributed by atoms with van der Waals surface area (Å²) < 4.78 is 0. The molecule has 2 fully saturated rings. The summed E-state index contributed by atoms with van der Waals surface area (Å²) in [4.78, 5) is 20.9. The van der Waals surface area contributed by atoms with E-state index in [0.717, 1.165) is 29.3 Å². The highest BCUT2D eigenvalue weighted by atomic mass is 16.2. The number of benzene rings is 1. The molecule has 0 bridgehead atoms. The van der Waals surface area contributed by atoms with Gasteiger partial charge in [0.2, 0.25) is 0 Å². The van der Waals surface area contributed by atoms with Crippen LogP contribution in [0, 0.1) is 23.2 Å². The van der Waals surface area contributed by atoms with Gasteiger partial charge >= 0.3 is 6.03 Å². The molecule has 2 aliphatic rings. The summed E-state index contributed by atoms with van der Waals surface area (Å²) in [7, 11) is 0. The molecule has 5 nitrogen and oxygen atoms in total. The maximum atomic E-state index is 13.1. The lowest BCUT2D eigenvalue weighted by Gasteiger charge is -2.42. The zero-order chi connectivity index (χ0) is 17.6.